The second-order valence-corrected chi connectivity index (χ2v) is 8.84. The van der Waals surface area contributed by atoms with Crippen molar-refractivity contribution in [2.75, 3.05) is 24.6 Å². The predicted molar refractivity (Wildman–Crippen MR) is 109 cm³/mol. The van der Waals surface area contributed by atoms with Crippen molar-refractivity contribution in [2.24, 2.45) is 0 Å². The maximum atomic E-state index is 13.4. The Bertz CT molecular complexity index is 1160. The fourth-order valence-electron chi connectivity index (χ4n) is 3.19. The number of methoxy groups -OCH3 is 1. The van der Waals surface area contributed by atoms with Gasteiger partial charge < -0.3 is 14.2 Å². The van der Waals surface area contributed by atoms with E-state index in [-0.39, 0.29) is 24.5 Å². The Kier molecular flexibility index (Phi) is 6.86. The van der Waals surface area contributed by atoms with Crippen molar-refractivity contribution >= 4 is 27.6 Å². The van der Waals surface area contributed by atoms with Gasteiger partial charge in [-0.3, -0.25) is 9.10 Å². The van der Waals surface area contributed by atoms with Crippen molar-refractivity contribution in [1.82, 2.24) is 0 Å². The molecule has 1 atom stereocenters. The Balaban J connectivity index is 2.10. The number of hydrogen-bond acceptors (Lipinski definition) is 7. The normalized spacial score (nSPS) is 15.9. The van der Waals surface area contributed by atoms with Gasteiger partial charge in [0, 0.05) is 0 Å². The third kappa shape index (κ3) is 5.21. The monoisotopic (exact) mass is 487 g/mol. The number of carbonyl (C=O) groups excluding carboxylic acids is 2. The van der Waals surface area contributed by atoms with E-state index in [0.717, 1.165) is 22.5 Å². The lowest BCUT2D eigenvalue weighted by Crippen LogP contribution is -2.47. The van der Waals surface area contributed by atoms with E-state index in [1.807, 2.05) is 0 Å². The summed E-state index contributed by atoms with van der Waals surface area (Å²) >= 11 is 0. The highest BCUT2D eigenvalue weighted by atomic mass is 32.2. The fraction of sp³-hybridized carbons (Fsp3) is 0.333. The summed E-state index contributed by atoms with van der Waals surface area (Å²) < 4.78 is 82.2. The molecule has 0 bridgehead atoms. The molecule has 1 aliphatic heterocycles. The Labute approximate surface area is 187 Å². The van der Waals surface area contributed by atoms with E-state index in [1.165, 1.54) is 25.3 Å². The van der Waals surface area contributed by atoms with Crippen molar-refractivity contribution < 1.29 is 45.4 Å². The number of benzene rings is 2. The fourth-order valence-corrected chi connectivity index (χ4v) is 4.71. The van der Waals surface area contributed by atoms with Crippen LogP contribution < -0.4 is 9.04 Å². The molecule has 0 aromatic heterocycles. The molecule has 0 fully saturated rings. The number of rotatable bonds is 6. The summed E-state index contributed by atoms with van der Waals surface area (Å²) in [6, 6.07) is 7.47. The summed E-state index contributed by atoms with van der Waals surface area (Å²) in [6.07, 6.45) is -6.28. The summed E-state index contributed by atoms with van der Waals surface area (Å²) in [5.41, 5.74) is -0.796. The van der Waals surface area contributed by atoms with E-state index in [4.69, 9.17) is 9.47 Å². The third-order valence-electron chi connectivity index (χ3n) is 4.77. The molecule has 178 valence electrons. The van der Waals surface area contributed by atoms with Gasteiger partial charge in [0.2, 0.25) is 6.10 Å². The molecule has 2 aromatic rings. The zero-order chi connectivity index (χ0) is 24.4. The van der Waals surface area contributed by atoms with Crippen molar-refractivity contribution in [1.29, 1.82) is 0 Å². The maximum absolute atomic E-state index is 13.4. The van der Waals surface area contributed by atoms with Crippen molar-refractivity contribution in [3.8, 4) is 5.75 Å². The zero-order valence-electron chi connectivity index (χ0n) is 17.6. The third-order valence-corrected chi connectivity index (χ3v) is 6.54. The van der Waals surface area contributed by atoms with Gasteiger partial charge in [0.15, 0.2) is 0 Å². The van der Waals surface area contributed by atoms with Crippen LogP contribution in [0.1, 0.15) is 18.1 Å². The van der Waals surface area contributed by atoms with Crippen LogP contribution in [0.5, 0.6) is 5.75 Å². The summed E-state index contributed by atoms with van der Waals surface area (Å²) in [5.74, 6) is -1.42. The number of anilines is 1. The van der Waals surface area contributed by atoms with Crippen LogP contribution in [0, 0.1) is 0 Å². The second-order valence-electron chi connectivity index (χ2n) is 6.98. The van der Waals surface area contributed by atoms with E-state index in [9.17, 15) is 31.2 Å². The molecule has 0 N–H and O–H groups in total. The molecule has 0 saturated carbocycles. The smallest absolute Gasteiger partial charge is 0.416 e. The van der Waals surface area contributed by atoms with Gasteiger partial charge in [0.25, 0.3) is 10.0 Å². The minimum atomic E-state index is -4.75. The number of esters is 2. The average Bonchev–Trinajstić information content (AvgIpc) is 2.77. The summed E-state index contributed by atoms with van der Waals surface area (Å²) in [5, 5.41) is 0. The van der Waals surface area contributed by atoms with E-state index in [1.54, 1.807) is 6.92 Å². The van der Waals surface area contributed by atoms with Crippen LogP contribution in [0.15, 0.2) is 47.4 Å². The van der Waals surface area contributed by atoms with Crippen LogP contribution in [-0.2, 0) is 41.7 Å². The van der Waals surface area contributed by atoms with Crippen molar-refractivity contribution in [3.05, 3.63) is 53.6 Å². The number of sulfonamides is 1. The predicted octanol–water partition coefficient (Wildman–Crippen LogP) is 2.94. The lowest BCUT2D eigenvalue weighted by Gasteiger charge is -2.34. The lowest BCUT2D eigenvalue weighted by atomic mass is 10.1. The molecule has 1 heterocycles. The van der Waals surface area contributed by atoms with Gasteiger partial charge in [-0.1, -0.05) is 12.1 Å². The summed E-state index contributed by atoms with van der Waals surface area (Å²) in [6.45, 7) is 1.04. The molecule has 0 saturated heterocycles. The van der Waals surface area contributed by atoms with Crippen LogP contribution in [0.4, 0.5) is 18.9 Å². The minimum absolute atomic E-state index is 0.0107. The molecule has 12 heteroatoms. The second kappa shape index (κ2) is 9.30. The Hall–Kier alpha value is -3.28. The topological polar surface area (TPSA) is 99.2 Å². The number of fused-ring (bicyclic) bond motifs is 1. The van der Waals surface area contributed by atoms with E-state index >= 15 is 0 Å². The highest BCUT2D eigenvalue weighted by Crippen LogP contribution is 2.39. The lowest BCUT2D eigenvalue weighted by molar-refractivity contribution is -0.151. The standard InChI is InChI=1S/C21H20F3NO7S/c1-3-31-20(27)18-12-25(16-9-13(10-19(26)30-2)7-8-17(16)32-18)33(28,29)15-6-4-5-14(11-15)21(22,23)24/h4-9,11,18H,3,10,12H2,1-2H3/t18-/m1/s1. The van der Waals surface area contributed by atoms with E-state index in [0.29, 0.717) is 11.6 Å². The average molecular weight is 487 g/mol. The van der Waals surface area contributed by atoms with Gasteiger partial charge >= 0.3 is 18.1 Å². The molecule has 2 aromatic carbocycles. The van der Waals surface area contributed by atoms with Crippen LogP contribution >= 0.6 is 0 Å². The van der Waals surface area contributed by atoms with Gasteiger partial charge in [-0.05, 0) is 42.8 Å². The first-order valence-corrected chi connectivity index (χ1v) is 11.1. The maximum Gasteiger partial charge on any atom is 0.416 e. The number of hydrogen-bond donors (Lipinski definition) is 0. The van der Waals surface area contributed by atoms with Crippen molar-refractivity contribution in [3.63, 3.8) is 0 Å². The first-order chi connectivity index (χ1) is 15.5. The van der Waals surface area contributed by atoms with Crippen molar-refractivity contribution in [2.45, 2.75) is 30.5 Å². The molecular formula is C21H20F3NO7S. The number of nitrogens with zero attached hydrogens (tertiary/aromatic N) is 1. The highest BCUT2D eigenvalue weighted by molar-refractivity contribution is 7.92. The molecule has 1 aliphatic rings. The Morgan fingerprint density at radius 2 is 1.91 bits per heavy atom. The van der Waals surface area contributed by atoms with Crippen LogP contribution in [0.2, 0.25) is 0 Å². The first-order valence-electron chi connectivity index (χ1n) is 9.70. The van der Waals surface area contributed by atoms with Crippen LogP contribution in [-0.4, -0.2) is 46.7 Å². The van der Waals surface area contributed by atoms with Gasteiger partial charge in [0.1, 0.15) is 5.75 Å². The zero-order valence-corrected chi connectivity index (χ0v) is 18.4. The number of carbonyl (C=O) groups is 2. The number of alkyl halides is 3. The molecule has 8 nitrogen and oxygen atoms in total. The van der Waals surface area contributed by atoms with E-state index < -0.39 is 51.2 Å². The summed E-state index contributed by atoms with van der Waals surface area (Å²) in [4.78, 5) is 23.3. The molecule has 0 aliphatic carbocycles. The highest BCUT2D eigenvalue weighted by Gasteiger charge is 2.39. The van der Waals surface area contributed by atoms with Gasteiger partial charge in [-0.25, -0.2) is 13.2 Å². The van der Waals surface area contributed by atoms with Crippen LogP contribution in [0.3, 0.4) is 0 Å². The minimum Gasteiger partial charge on any atom is -0.475 e. The quantitative estimate of drug-likeness (QED) is 0.578. The van der Waals surface area contributed by atoms with Crippen LogP contribution in [0.25, 0.3) is 0 Å². The molecule has 33 heavy (non-hydrogen) atoms. The largest absolute Gasteiger partial charge is 0.475 e. The van der Waals surface area contributed by atoms with Gasteiger partial charge in [-0.15, -0.1) is 0 Å². The number of halogens is 3. The molecule has 0 amide bonds. The number of ether oxygens (including phenoxy) is 3. The van der Waals surface area contributed by atoms with E-state index in [2.05, 4.69) is 4.74 Å². The molecular weight excluding hydrogens is 467 g/mol. The molecule has 0 radical (unpaired) electrons. The van der Waals surface area contributed by atoms with Gasteiger partial charge in [-0.2, -0.15) is 13.2 Å². The molecule has 0 unspecified atom stereocenters. The SMILES string of the molecule is CCOC(=O)[C@H]1CN(S(=O)(=O)c2cccc(C(F)(F)F)c2)c2cc(CC(=O)OC)ccc2O1. The molecule has 0 spiro atoms. The summed E-state index contributed by atoms with van der Waals surface area (Å²) in [7, 11) is -3.37. The van der Waals surface area contributed by atoms with Gasteiger partial charge in [0.05, 0.1) is 42.8 Å². The first kappa shape index (κ1) is 24.4. The molecule has 3 rings (SSSR count). The Morgan fingerprint density at radius 3 is 2.55 bits per heavy atom. The Morgan fingerprint density at radius 1 is 1.18 bits per heavy atom.